The molecule has 3 nitrogen and oxygen atoms in total. The SMILES string of the molecule is C[C@@H](NC(C1=CCC=C1)[P+](=O)O)c1ccccc1. The van der Waals surface area contributed by atoms with Gasteiger partial charge in [0.2, 0.25) is 0 Å². The average Bonchev–Trinajstić information content (AvgIpc) is 2.90. The number of nitrogens with one attached hydrogen (secondary N) is 1. The third-order valence-corrected chi connectivity index (χ3v) is 3.93. The summed E-state index contributed by atoms with van der Waals surface area (Å²) in [5.74, 6) is -0.492. The van der Waals surface area contributed by atoms with Crippen LogP contribution in [0.1, 0.15) is 24.9 Å². The second-order valence-corrected chi connectivity index (χ2v) is 5.47. The molecule has 0 saturated heterocycles. The van der Waals surface area contributed by atoms with Gasteiger partial charge in [0.15, 0.2) is 0 Å². The third-order valence-electron chi connectivity index (χ3n) is 3.04. The third kappa shape index (κ3) is 3.14. The van der Waals surface area contributed by atoms with Crippen LogP contribution in [0, 0.1) is 0 Å². The molecule has 3 atom stereocenters. The molecule has 2 N–H and O–H groups in total. The smallest absolute Gasteiger partial charge is 0.260 e. The van der Waals surface area contributed by atoms with Gasteiger partial charge in [0.1, 0.15) is 0 Å². The molecule has 0 bridgehead atoms. The van der Waals surface area contributed by atoms with Crippen LogP contribution in [-0.4, -0.2) is 10.7 Å². The Hall–Kier alpha value is -1.28. The zero-order valence-corrected chi connectivity index (χ0v) is 11.2. The van der Waals surface area contributed by atoms with Crippen molar-refractivity contribution < 1.29 is 9.46 Å². The van der Waals surface area contributed by atoms with Gasteiger partial charge in [-0.05, 0) is 23.5 Å². The Labute approximate surface area is 108 Å². The lowest BCUT2D eigenvalue weighted by Crippen LogP contribution is -2.29. The molecule has 1 aromatic carbocycles. The topological polar surface area (TPSA) is 49.3 Å². The van der Waals surface area contributed by atoms with Gasteiger partial charge in [0, 0.05) is 11.6 Å². The first-order valence-corrected chi connectivity index (χ1v) is 7.29. The van der Waals surface area contributed by atoms with E-state index in [4.69, 9.17) is 0 Å². The molecule has 0 radical (unpaired) electrons. The second kappa shape index (κ2) is 6.05. The highest BCUT2D eigenvalue weighted by atomic mass is 31.1. The Bertz CT molecular complexity index is 482. The first-order chi connectivity index (χ1) is 8.68. The van der Waals surface area contributed by atoms with Gasteiger partial charge in [-0.3, -0.25) is 5.32 Å². The molecular weight excluding hydrogens is 245 g/mol. The summed E-state index contributed by atoms with van der Waals surface area (Å²) in [4.78, 5) is 9.44. The van der Waals surface area contributed by atoms with Crippen molar-refractivity contribution >= 4 is 8.03 Å². The Morgan fingerprint density at radius 1 is 1.33 bits per heavy atom. The van der Waals surface area contributed by atoms with E-state index in [9.17, 15) is 9.46 Å². The van der Waals surface area contributed by atoms with Gasteiger partial charge < -0.3 is 0 Å². The highest BCUT2D eigenvalue weighted by Crippen LogP contribution is 2.31. The van der Waals surface area contributed by atoms with Crippen molar-refractivity contribution in [2.24, 2.45) is 0 Å². The second-order valence-electron chi connectivity index (χ2n) is 4.35. The molecule has 0 spiro atoms. The number of allylic oxidation sites excluding steroid dienone is 2. The van der Waals surface area contributed by atoms with Gasteiger partial charge in [-0.2, -0.15) is 4.89 Å². The monoisotopic (exact) mass is 262 g/mol. The Kier molecular flexibility index (Phi) is 4.43. The maximum atomic E-state index is 11.5. The van der Waals surface area contributed by atoms with Crippen molar-refractivity contribution in [1.29, 1.82) is 0 Å². The molecule has 1 aromatic rings. The summed E-state index contributed by atoms with van der Waals surface area (Å²) in [5, 5.41) is 3.22. The van der Waals surface area contributed by atoms with E-state index in [-0.39, 0.29) is 6.04 Å². The van der Waals surface area contributed by atoms with E-state index < -0.39 is 13.8 Å². The zero-order chi connectivity index (χ0) is 13.0. The minimum absolute atomic E-state index is 0.0391. The Morgan fingerprint density at radius 2 is 2.06 bits per heavy atom. The molecule has 1 aliphatic rings. The predicted molar refractivity (Wildman–Crippen MR) is 73.4 cm³/mol. The van der Waals surface area contributed by atoms with Crippen molar-refractivity contribution in [2.45, 2.75) is 25.2 Å². The van der Waals surface area contributed by atoms with Crippen molar-refractivity contribution in [1.82, 2.24) is 5.32 Å². The Balaban J connectivity index is 2.10. The van der Waals surface area contributed by atoms with Crippen LogP contribution in [0.4, 0.5) is 0 Å². The fourth-order valence-electron chi connectivity index (χ4n) is 2.04. The number of hydrogen-bond donors (Lipinski definition) is 2. The van der Waals surface area contributed by atoms with Crippen LogP contribution in [0.3, 0.4) is 0 Å². The molecular formula is C14H17NO2P+. The predicted octanol–water partition coefficient (Wildman–Crippen LogP) is 3.28. The first-order valence-electron chi connectivity index (χ1n) is 6.01. The Morgan fingerprint density at radius 3 is 2.61 bits per heavy atom. The van der Waals surface area contributed by atoms with Gasteiger partial charge in [0.05, 0.1) is 0 Å². The summed E-state index contributed by atoms with van der Waals surface area (Å²) in [7, 11) is -2.28. The standard InChI is InChI=1S/C14H16NO2P/c1-11(12-7-3-2-4-8-12)15-14(18(16)17)13-9-5-6-10-13/h2-5,7-11,14-15H,6H2,1H3/p+1/t11-,14?/m1/s1. The van der Waals surface area contributed by atoms with Crippen molar-refractivity contribution in [3.63, 3.8) is 0 Å². The van der Waals surface area contributed by atoms with E-state index >= 15 is 0 Å². The van der Waals surface area contributed by atoms with Crippen LogP contribution < -0.4 is 5.32 Å². The minimum atomic E-state index is -2.28. The lowest BCUT2D eigenvalue weighted by atomic mass is 10.1. The van der Waals surface area contributed by atoms with E-state index in [1.165, 1.54) is 0 Å². The van der Waals surface area contributed by atoms with Gasteiger partial charge in [0.25, 0.3) is 5.78 Å². The molecule has 0 saturated carbocycles. The summed E-state index contributed by atoms with van der Waals surface area (Å²) in [6.07, 6.45) is 6.74. The van der Waals surface area contributed by atoms with E-state index in [0.717, 1.165) is 17.6 Å². The molecule has 1 aliphatic carbocycles. The largest absolute Gasteiger partial charge is 0.529 e. The maximum Gasteiger partial charge on any atom is 0.529 e. The molecule has 2 unspecified atom stereocenters. The summed E-state index contributed by atoms with van der Waals surface area (Å²) >= 11 is 0. The number of benzene rings is 1. The van der Waals surface area contributed by atoms with Crippen molar-refractivity contribution in [3.8, 4) is 0 Å². The fraction of sp³-hybridized carbons (Fsp3) is 0.286. The van der Waals surface area contributed by atoms with Gasteiger partial charge in [-0.1, -0.05) is 48.6 Å². The van der Waals surface area contributed by atoms with E-state index in [1.54, 1.807) is 0 Å². The summed E-state index contributed by atoms with van der Waals surface area (Å²) in [6, 6.07) is 9.96. The van der Waals surface area contributed by atoms with Crippen LogP contribution in [0.15, 0.2) is 54.1 Å². The number of rotatable bonds is 5. The molecule has 4 heteroatoms. The van der Waals surface area contributed by atoms with Gasteiger partial charge in [-0.15, -0.1) is 0 Å². The molecule has 0 amide bonds. The highest BCUT2D eigenvalue weighted by Gasteiger charge is 2.33. The fourth-order valence-corrected chi connectivity index (χ4v) is 2.84. The normalized spacial score (nSPS) is 18.3. The van der Waals surface area contributed by atoms with Crippen molar-refractivity contribution in [2.75, 3.05) is 0 Å². The summed E-state index contributed by atoms with van der Waals surface area (Å²) in [6.45, 7) is 2.00. The van der Waals surface area contributed by atoms with E-state index in [2.05, 4.69) is 5.32 Å². The van der Waals surface area contributed by atoms with Gasteiger partial charge in [-0.25, -0.2) is 0 Å². The van der Waals surface area contributed by atoms with Crippen LogP contribution in [0.2, 0.25) is 0 Å². The lowest BCUT2D eigenvalue weighted by Gasteiger charge is -2.15. The van der Waals surface area contributed by atoms with Crippen molar-refractivity contribution in [3.05, 3.63) is 59.7 Å². The quantitative estimate of drug-likeness (QED) is 0.800. The molecule has 18 heavy (non-hydrogen) atoms. The zero-order valence-electron chi connectivity index (χ0n) is 10.3. The highest BCUT2D eigenvalue weighted by molar-refractivity contribution is 7.39. The molecule has 2 rings (SSSR count). The van der Waals surface area contributed by atoms with Crippen LogP contribution in [0.25, 0.3) is 0 Å². The first kappa shape index (κ1) is 13.2. The molecule has 0 heterocycles. The van der Waals surface area contributed by atoms with Crippen LogP contribution in [-0.2, 0) is 4.57 Å². The molecule has 0 aliphatic heterocycles. The van der Waals surface area contributed by atoms with E-state index in [0.29, 0.717) is 0 Å². The molecule has 0 aromatic heterocycles. The average molecular weight is 262 g/mol. The van der Waals surface area contributed by atoms with Crippen LogP contribution >= 0.6 is 8.03 Å². The summed E-state index contributed by atoms with van der Waals surface area (Å²) in [5.41, 5.74) is 2.02. The molecule has 94 valence electrons. The number of hydrogen-bond acceptors (Lipinski definition) is 2. The van der Waals surface area contributed by atoms with Crippen LogP contribution in [0.5, 0.6) is 0 Å². The summed E-state index contributed by atoms with van der Waals surface area (Å²) < 4.78 is 11.5. The minimum Gasteiger partial charge on any atom is -0.260 e. The molecule has 0 fully saturated rings. The van der Waals surface area contributed by atoms with E-state index in [1.807, 2.05) is 55.5 Å². The lowest BCUT2D eigenvalue weighted by molar-refractivity contribution is 0.469. The maximum absolute atomic E-state index is 11.5. The van der Waals surface area contributed by atoms with Gasteiger partial charge >= 0.3 is 8.03 Å².